The zero-order valence-electron chi connectivity index (χ0n) is 18.2. The van der Waals surface area contributed by atoms with Crippen molar-refractivity contribution in [2.24, 2.45) is 0 Å². The molecule has 1 amide bonds. The molecule has 2 unspecified atom stereocenters. The van der Waals surface area contributed by atoms with E-state index in [2.05, 4.69) is 15.3 Å². The Morgan fingerprint density at radius 1 is 1.06 bits per heavy atom. The maximum absolute atomic E-state index is 13.1. The van der Waals surface area contributed by atoms with Gasteiger partial charge in [0.25, 0.3) is 5.91 Å². The van der Waals surface area contributed by atoms with Crippen LogP contribution in [0.2, 0.25) is 0 Å². The van der Waals surface area contributed by atoms with Gasteiger partial charge in [0.15, 0.2) is 5.82 Å². The first-order valence-electron chi connectivity index (χ1n) is 10.4. The summed E-state index contributed by atoms with van der Waals surface area (Å²) in [7, 11) is -3.77. The van der Waals surface area contributed by atoms with Crippen LogP contribution in [0.25, 0.3) is 11.4 Å². The minimum atomic E-state index is -3.77. The van der Waals surface area contributed by atoms with Crippen molar-refractivity contribution in [1.29, 1.82) is 0 Å². The molecular formula is C23H24N4O5S. The summed E-state index contributed by atoms with van der Waals surface area (Å²) in [5.41, 5.74) is 1.19. The van der Waals surface area contributed by atoms with Gasteiger partial charge in [-0.15, -0.1) is 0 Å². The van der Waals surface area contributed by atoms with Crippen LogP contribution in [0.4, 0.5) is 5.69 Å². The van der Waals surface area contributed by atoms with Gasteiger partial charge in [0.2, 0.25) is 10.0 Å². The largest absolute Gasteiger partial charge is 0.508 e. The van der Waals surface area contributed by atoms with E-state index in [0.29, 0.717) is 17.1 Å². The van der Waals surface area contributed by atoms with Crippen LogP contribution in [0, 0.1) is 0 Å². The van der Waals surface area contributed by atoms with E-state index in [1.54, 1.807) is 24.3 Å². The van der Waals surface area contributed by atoms with Crippen LogP contribution in [0.15, 0.2) is 65.8 Å². The van der Waals surface area contributed by atoms with Gasteiger partial charge >= 0.3 is 0 Å². The second-order valence-electron chi connectivity index (χ2n) is 7.91. The summed E-state index contributed by atoms with van der Waals surface area (Å²) >= 11 is 0. The van der Waals surface area contributed by atoms with E-state index in [0.717, 1.165) is 0 Å². The molecule has 2 aromatic carbocycles. The minimum Gasteiger partial charge on any atom is -0.508 e. The molecule has 0 spiro atoms. The van der Waals surface area contributed by atoms with E-state index < -0.39 is 15.9 Å². The van der Waals surface area contributed by atoms with Crippen LogP contribution in [0.3, 0.4) is 0 Å². The number of phenolic OH excluding ortho intramolecular Hbond substituents is 1. The van der Waals surface area contributed by atoms with Gasteiger partial charge in [-0.2, -0.15) is 4.31 Å². The van der Waals surface area contributed by atoms with Crippen molar-refractivity contribution in [3.8, 4) is 17.1 Å². The summed E-state index contributed by atoms with van der Waals surface area (Å²) in [5, 5.41) is 12.3. The maximum Gasteiger partial charge on any atom is 0.255 e. The summed E-state index contributed by atoms with van der Waals surface area (Å²) in [5.74, 6) is 0.0136. The molecule has 0 bridgehead atoms. The number of hydrogen-bond acceptors (Lipinski definition) is 7. The molecule has 33 heavy (non-hydrogen) atoms. The second kappa shape index (κ2) is 9.26. The lowest BCUT2D eigenvalue weighted by molar-refractivity contribution is -0.0440. The highest BCUT2D eigenvalue weighted by Gasteiger charge is 2.32. The van der Waals surface area contributed by atoms with Crippen molar-refractivity contribution in [3.63, 3.8) is 0 Å². The van der Waals surface area contributed by atoms with Gasteiger partial charge in [-0.1, -0.05) is 18.2 Å². The number of carbonyl (C=O) groups excluding carboxylic acids is 1. The number of nitrogens with zero attached hydrogens (tertiary/aromatic N) is 3. The molecule has 0 aliphatic carbocycles. The molecule has 172 valence electrons. The Bertz CT molecular complexity index is 1250. The number of amides is 1. The van der Waals surface area contributed by atoms with Gasteiger partial charge in [-0.3, -0.25) is 4.79 Å². The number of morpholine rings is 1. The number of benzene rings is 2. The van der Waals surface area contributed by atoms with Crippen LogP contribution in [-0.2, 0) is 14.8 Å². The summed E-state index contributed by atoms with van der Waals surface area (Å²) < 4.78 is 33.2. The third-order valence-corrected chi connectivity index (χ3v) is 6.96. The number of sulfonamides is 1. The molecule has 1 fully saturated rings. The SMILES string of the molecule is CC1CN(S(=O)(=O)c2cccc(C(=O)Nc3cnc(-c4cccc(O)c4)nc3)c2)CC(C)O1. The predicted molar refractivity (Wildman–Crippen MR) is 122 cm³/mol. The normalized spacial score (nSPS) is 19.2. The van der Waals surface area contributed by atoms with Crippen LogP contribution < -0.4 is 5.32 Å². The Hall–Kier alpha value is -3.34. The molecule has 4 rings (SSSR count). The highest BCUT2D eigenvalue weighted by Crippen LogP contribution is 2.23. The van der Waals surface area contributed by atoms with Crippen LogP contribution >= 0.6 is 0 Å². The second-order valence-corrected chi connectivity index (χ2v) is 9.84. The lowest BCUT2D eigenvalue weighted by Crippen LogP contribution is -2.48. The zero-order chi connectivity index (χ0) is 23.6. The fraction of sp³-hybridized carbons (Fsp3) is 0.261. The van der Waals surface area contributed by atoms with E-state index >= 15 is 0 Å². The van der Waals surface area contributed by atoms with Gasteiger partial charge in [0, 0.05) is 24.2 Å². The van der Waals surface area contributed by atoms with Gasteiger partial charge in [0.1, 0.15) is 5.75 Å². The van der Waals surface area contributed by atoms with Gasteiger partial charge < -0.3 is 15.2 Å². The molecule has 1 aliphatic heterocycles. The highest BCUT2D eigenvalue weighted by molar-refractivity contribution is 7.89. The summed E-state index contributed by atoms with van der Waals surface area (Å²) in [6.45, 7) is 4.17. The number of aromatic hydroxyl groups is 1. The molecule has 2 heterocycles. The van der Waals surface area contributed by atoms with Gasteiger partial charge in [0.05, 0.1) is 35.2 Å². The molecule has 1 saturated heterocycles. The molecule has 1 aromatic heterocycles. The summed E-state index contributed by atoms with van der Waals surface area (Å²) in [6, 6.07) is 12.4. The fourth-order valence-electron chi connectivity index (χ4n) is 3.66. The predicted octanol–water partition coefficient (Wildman–Crippen LogP) is 2.90. The Morgan fingerprint density at radius 2 is 1.73 bits per heavy atom. The van der Waals surface area contributed by atoms with Crippen LogP contribution in [-0.4, -0.2) is 59.0 Å². The number of ether oxygens (including phenoxy) is 1. The summed E-state index contributed by atoms with van der Waals surface area (Å²) in [4.78, 5) is 21.2. The Morgan fingerprint density at radius 3 is 2.39 bits per heavy atom. The smallest absolute Gasteiger partial charge is 0.255 e. The molecular weight excluding hydrogens is 444 g/mol. The molecule has 2 atom stereocenters. The first-order valence-corrected chi connectivity index (χ1v) is 11.8. The average molecular weight is 469 g/mol. The van der Waals surface area contributed by atoms with E-state index in [1.807, 2.05) is 13.8 Å². The molecule has 0 saturated carbocycles. The van der Waals surface area contributed by atoms with Crippen molar-refractivity contribution in [2.45, 2.75) is 31.0 Å². The molecule has 3 aromatic rings. The summed E-state index contributed by atoms with van der Waals surface area (Å²) in [6.07, 6.45) is 2.47. The number of rotatable bonds is 5. The van der Waals surface area contributed by atoms with Crippen LogP contribution in [0.5, 0.6) is 5.75 Å². The third-order valence-electron chi connectivity index (χ3n) is 5.13. The van der Waals surface area contributed by atoms with E-state index in [4.69, 9.17) is 4.74 Å². The van der Waals surface area contributed by atoms with Crippen molar-refractivity contribution < 1.29 is 23.1 Å². The number of aromatic nitrogens is 2. The minimum absolute atomic E-state index is 0.0481. The van der Waals surface area contributed by atoms with Gasteiger partial charge in [-0.25, -0.2) is 18.4 Å². The average Bonchev–Trinajstić information content (AvgIpc) is 2.79. The van der Waals surface area contributed by atoms with E-state index in [-0.39, 0.29) is 41.5 Å². The van der Waals surface area contributed by atoms with E-state index in [9.17, 15) is 18.3 Å². The van der Waals surface area contributed by atoms with Crippen LogP contribution in [0.1, 0.15) is 24.2 Å². The Balaban J connectivity index is 1.50. The standard InChI is InChI=1S/C23H24N4O5S/c1-15-13-27(14-16(2)32-15)33(30,31)21-8-4-6-18(10-21)23(29)26-19-11-24-22(25-12-19)17-5-3-7-20(28)9-17/h3-12,15-16,28H,13-14H2,1-2H3,(H,26,29). The lowest BCUT2D eigenvalue weighted by atomic mass is 10.2. The van der Waals surface area contributed by atoms with Crippen molar-refractivity contribution in [1.82, 2.24) is 14.3 Å². The number of carbonyl (C=O) groups is 1. The highest BCUT2D eigenvalue weighted by atomic mass is 32.2. The Kier molecular flexibility index (Phi) is 6.41. The number of nitrogens with one attached hydrogen (secondary N) is 1. The topological polar surface area (TPSA) is 122 Å². The third kappa shape index (κ3) is 5.19. The first kappa shape index (κ1) is 22.8. The number of phenols is 1. The molecule has 0 radical (unpaired) electrons. The molecule has 1 aliphatic rings. The van der Waals surface area contributed by atoms with Crippen molar-refractivity contribution in [2.75, 3.05) is 18.4 Å². The number of hydrogen-bond donors (Lipinski definition) is 2. The molecule has 2 N–H and O–H groups in total. The van der Waals surface area contributed by atoms with Crippen molar-refractivity contribution in [3.05, 3.63) is 66.5 Å². The van der Waals surface area contributed by atoms with Crippen molar-refractivity contribution >= 4 is 21.6 Å². The first-order chi connectivity index (χ1) is 15.7. The maximum atomic E-state index is 13.1. The van der Waals surface area contributed by atoms with E-state index in [1.165, 1.54) is 41.0 Å². The Labute approximate surface area is 192 Å². The molecule has 10 heteroatoms. The molecule has 9 nitrogen and oxygen atoms in total. The lowest BCUT2D eigenvalue weighted by Gasteiger charge is -2.34. The fourth-order valence-corrected chi connectivity index (χ4v) is 5.30. The zero-order valence-corrected chi connectivity index (χ0v) is 19.0. The van der Waals surface area contributed by atoms with Gasteiger partial charge in [-0.05, 0) is 44.2 Å². The quantitative estimate of drug-likeness (QED) is 0.590. The number of anilines is 1. The monoisotopic (exact) mass is 468 g/mol.